The first-order chi connectivity index (χ1) is 16.9. The molecular weight excluding hydrogens is 444 g/mol. The number of nitrogens with two attached hydrogens (primary N) is 1. The van der Waals surface area contributed by atoms with Gasteiger partial charge in [0.05, 0.1) is 18.6 Å². The molecule has 0 amide bonds. The van der Waals surface area contributed by atoms with Gasteiger partial charge in [-0.1, -0.05) is 42.5 Å². The fourth-order valence-electron chi connectivity index (χ4n) is 3.91. The van der Waals surface area contributed by atoms with Crippen LogP contribution in [0.5, 0.6) is 23.0 Å². The molecule has 7 heteroatoms. The zero-order valence-electron chi connectivity index (χ0n) is 19.4. The van der Waals surface area contributed by atoms with Gasteiger partial charge in [-0.15, -0.1) is 0 Å². The summed E-state index contributed by atoms with van der Waals surface area (Å²) >= 11 is 0. The van der Waals surface area contributed by atoms with E-state index in [0.717, 1.165) is 11.1 Å². The number of rotatable bonds is 7. The van der Waals surface area contributed by atoms with Crippen molar-refractivity contribution in [3.8, 4) is 29.1 Å². The van der Waals surface area contributed by atoms with Crippen molar-refractivity contribution in [3.63, 3.8) is 0 Å². The lowest BCUT2D eigenvalue weighted by molar-refractivity contribution is 0.0734. The zero-order chi connectivity index (χ0) is 24.9. The fraction of sp³-hybridized carbons (Fsp3) is 0.143. The van der Waals surface area contributed by atoms with E-state index in [1.165, 1.54) is 0 Å². The van der Waals surface area contributed by atoms with Crippen LogP contribution >= 0.6 is 0 Å². The molecule has 0 aromatic heterocycles. The number of hydrogen-bond acceptors (Lipinski definition) is 7. The fourth-order valence-corrected chi connectivity index (χ4v) is 3.91. The molecule has 4 rings (SSSR count). The maximum Gasteiger partial charge on any atom is 0.343 e. The Morgan fingerprint density at radius 2 is 2.00 bits per heavy atom. The standard InChI is InChI=1S/C28H24N2O5/c1-4-12-33-23-11-8-18(14-25(23)32-3)26-21-10-9-20(15-24(21)35-27(30)22(26)16-29)34-28(31)19-7-5-6-17(2)13-19/h4-11,13-15,26H,1,12,30H2,2-3H3. The number of esters is 1. The molecular formula is C28H24N2O5. The van der Waals surface area contributed by atoms with E-state index in [-0.39, 0.29) is 11.5 Å². The van der Waals surface area contributed by atoms with Crippen LogP contribution < -0.4 is 24.7 Å². The lowest BCUT2D eigenvalue weighted by Gasteiger charge is -2.27. The molecule has 1 aliphatic heterocycles. The van der Waals surface area contributed by atoms with Gasteiger partial charge < -0.3 is 24.7 Å². The number of allylic oxidation sites excluding steroid dienone is 1. The van der Waals surface area contributed by atoms with Crippen LogP contribution in [0.3, 0.4) is 0 Å². The molecule has 2 N–H and O–H groups in total. The third-order valence-electron chi connectivity index (χ3n) is 5.53. The minimum atomic E-state index is -0.507. The van der Waals surface area contributed by atoms with E-state index in [4.69, 9.17) is 24.7 Å². The molecule has 0 saturated heterocycles. The van der Waals surface area contributed by atoms with Crippen molar-refractivity contribution in [1.29, 1.82) is 5.26 Å². The Bertz CT molecular complexity index is 1370. The molecule has 0 radical (unpaired) electrons. The Hall–Kier alpha value is -4.70. The van der Waals surface area contributed by atoms with Crippen LogP contribution in [0, 0.1) is 18.3 Å². The van der Waals surface area contributed by atoms with Crippen molar-refractivity contribution in [1.82, 2.24) is 0 Å². The predicted octanol–water partition coefficient (Wildman–Crippen LogP) is 5.01. The molecule has 0 spiro atoms. The van der Waals surface area contributed by atoms with Crippen molar-refractivity contribution in [2.24, 2.45) is 5.73 Å². The maximum atomic E-state index is 12.6. The highest BCUT2D eigenvalue weighted by atomic mass is 16.5. The van der Waals surface area contributed by atoms with Gasteiger partial charge in [0.25, 0.3) is 0 Å². The Balaban J connectivity index is 1.70. The number of ether oxygens (including phenoxy) is 4. The third kappa shape index (κ3) is 4.82. The second-order valence-electron chi connectivity index (χ2n) is 7.89. The van der Waals surface area contributed by atoms with Gasteiger partial charge in [0.1, 0.15) is 29.7 Å². The summed E-state index contributed by atoms with van der Waals surface area (Å²) in [5.74, 6) is 0.752. The van der Waals surface area contributed by atoms with E-state index in [0.29, 0.717) is 40.7 Å². The van der Waals surface area contributed by atoms with Gasteiger partial charge in [0, 0.05) is 11.6 Å². The molecule has 0 fully saturated rings. The van der Waals surface area contributed by atoms with E-state index >= 15 is 0 Å². The average Bonchev–Trinajstić information content (AvgIpc) is 2.86. The number of benzene rings is 3. The Labute approximate surface area is 203 Å². The average molecular weight is 469 g/mol. The second-order valence-corrected chi connectivity index (χ2v) is 7.89. The van der Waals surface area contributed by atoms with Gasteiger partial charge in [-0.3, -0.25) is 0 Å². The van der Waals surface area contributed by atoms with E-state index in [2.05, 4.69) is 12.6 Å². The summed E-state index contributed by atoms with van der Waals surface area (Å²) in [6, 6.07) is 19.7. The van der Waals surface area contributed by atoms with Crippen LogP contribution in [0.15, 0.2) is 84.8 Å². The number of carbonyl (C=O) groups is 1. The van der Waals surface area contributed by atoms with Crippen LogP contribution in [0.4, 0.5) is 0 Å². The maximum absolute atomic E-state index is 12.6. The van der Waals surface area contributed by atoms with Crippen molar-refractivity contribution in [2.75, 3.05) is 13.7 Å². The van der Waals surface area contributed by atoms with Crippen LogP contribution in [-0.2, 0) is 0 Å². The van der Waals surface area contributed by atoms with Crippen LogP contribution in [-0.4, -0.2) is 19.7 Å². The van der Waals surface area contributed by atoms with Gasteiger partial charge in [-0.05, 0) is 42.8 Å². The predicted molar refractivity (Wildman–Crippen MR) is 131 cm³/mol. The number of fused-ring (bicyclic) bond motifs is 1. The highest BCUT2D eigenvalue weighted by Gasteiger charge is 2.31. The largest absolute Gasteiger partial charge is 0.493 e. The molecule has 1 unspecified atom stereocenters. The van der Waals surface area contributed by atoms with Crippen molar-refractivity contribution >= 4 is 5.97 Å². The minimum Gasteiger partial charge on any atom is -0.493 e. The quantitative estimate of drug-likeness (QED) is 0.295. The van der Waals surface area contributed by atoms with Crippen molar-refractivity contribution in [2.45, 2.75) is 12.8 Å². The molecule has 0 aliphatic carbocycles. The first-order valence-electron chi connectivity index (χ1n) is 10.9. The van der Waals surface area contributed by atoms with Gasteiger partial charge in [-0.2, -0.15) is 5.26 Å². The topological polar surface area (TPSA) is 104 Å². The molecule has 176 valence electrons. The van der Waals surface area contributed by atoms with E-state index in [1.54, 1.807) is 61.7 Å². The molecule has 1 aliphatic rings. The van der Waals surface area contributed by atoms with Gasteiger partial charge in [0.15, 0.2) is 11.5 Å². The van der Waals surface area contributed by atoms with Crippen molar-refractivity contribution in [3.05, 3.63) is 107 Å². The zero-order valence-corrected chi connectivity index (χ0v) is 19.4. The summed E-state index contributed by atoms with van der Waals surface area (Å²) in [5.41, 5.74) is 9.25. The van der Waals surface area contributed by atoms with Gasteiger partial charge in [-0.25, -0.2) is 4.79 Å². The number of hydrogen-bond donors (Lipinski definition) is 1. The molecule has 35 heavy (non-hydrogen) atoms. The lowest BCUT2D eigenvalue weighted by atomic mass is 9.83. The van der Waals surface area contributed by atoms with E-state index in [1.807, 2.05) is 19.1 Å². The molecule has 0 bridgehead atoms. The smallest absolute Gasteiger partial charge is 0.343 e. The summed E-state index contributed by atoms with van der Waals surface area (Å²) in [6.07, 6.45) is 1.64. The number of carbonyl (C=O) groups excluding carboxylic acids is 1. The molecule has 1 atom stereocenters. The Morgan fingerprint density at radius 3 is 2.71 bits per heavy atom. The Morgan fingerprint density at radius 1 is 1.17 bits per heavy atom. The van der Waals surface area contributed by atoms with Crippen LogP contribution in [0.1, 0.15) is 33.0 Å². The number of aryl methyl sites for hydroxylation is 1. The Kier molecular flexibility index (Phi) is 6.74. The summed E-state index contributed by atoms with van der Waals surface area (Å²) in [4.78, 5) is 12.6. The molecule has 3 aromatic rings. The third-order valence-corrected chi connectivity index (χ3v) is 5.53. The van der Waals surface area contributed by atoms with E-state index in [9.17, 15) is 10.1 Å². The van der Waals surface area contributed by atoms with Crippen LogP contribution in [0.2, 0.25) is 0 Å². The number of methoxy groups -OCH3 is 1. The normalized spacial score (nSPS) is 14.3. The summed E-state index contributed by atoms with van der Waals surface area (Å²) in [5, 5.41) is 9.83. The SMILES string of the molecule is C=CCOc1ccc(C2C(C#N)=C(N)Oc3cc(OC(=O)c4cccc(C)c4)ccc32)cc1OC. The summed E-state index contributed by atoms with van der Waals surface area (Å²) in [6.45, 7) is 5.89. The molecule has 7 nitrogen and oxygen atoms in total. The molecule has 3 aromatic carbocycles. The summed E-state index contributed by atoms with van der Waals surface area (Å²) < 4.78 is 22.4. The van der Waals surface area contributed by atoms with Gasteiger partial charge >= 0.3 is 5.97 Å². The minimum absolute atomic E-state index is 0.0156. The highest BCUT2D eigenvalue weighted by molar-refractivity contribution is 5.91. The first kappa shape index (κ1) is 23.5. The molecule has 1 heterocycles. The number of nitrogens with zero attached hydrogens (tertiary/aromatic N) is 1. The van der Waals surface area contributed by atoms with Gasteiger partial charge in [0.2, 0.25) is 5.88 Å². The number of nitriles is 1. The second kappa shape index (κ2) is 10.1. The molecule has 0 saturated carbocycles. The first-order valence-corrected chi connectivity index (χ1v) is 10.9. The monoisotopic (exact) mass is 468 g/mol. The lowest BCUT2D eigenvalue weighted by Crippen LogP contribution is -2.21. The highest BCUT2D eigenvalue weighted by Crippen LogP contribution is 2.45. The summed E-state index contributed by atoms with van der Waals surface area (Å²) in [7, 11) is 1.54. The van der Waals surface area contributed by atoms with Crippen LogP contribution in [0.25, 0.3) is 0 Å². The van der Waals surface area contributed by atoms with Crippen molar-refractivity contribution < 1.29 is 23.7 Å². The van der Waals surface area contributed by atoms with E-state index < -0.39 is 11.9 Å².